The molecule has 0 radical (unpaired) electrons. The number of hydrogen-bond donors (Lipinski definition) is 0. The summed E-state index contributed by atoms with van der Waals surface area (Å²) in [5.74, 6) is -0.681. The summed E-state index contributed by atoms with van der Waals surface area (Å²) in [6.45, 7) is 0.0551. The van der Waals surface area contributed by atoms with Crippen molar-refractivity contribution in [1.29, 1.82) is 0 Å². The number of nitro benzene ring substituents is 1. The molecule has 1 fully saturated rings. The fourth-order valence-corrected chi connectivity index (χ4v) is 4.38. The zero-order chi connectivity index (χ0) is 25.1. The average Bonchev–Trinajstić information content (AvgIpc) is 3.08. The zero-order valence-corrected chi connectivity index (χ0v) is 20.1. The van der Waals surface area contributed by atoms with E-state index in [9.17, 15) is 24.1 Å². The van der Waals surface area contributed by atoms with Gasteiger partial charge in [0.2, 0.25) is 0 Å². The maximum atomic E-state index is 13.1. The Bertz CT molecular complexity index is 1360. The van der Waals surface area contributed by atoms with Gasteiger partial charge in [0.15, 0.2) is 0 Å². The van der Waals surface area contributed by atoms with Crippen LogP contribution in [-0.4, -0.2) is 21.0 Å². The molecule has 0 N–H and O–H groups in total. The van der Waals surface area contributed by atoms with Gasteiger partial charge in [0.25, 0.3) is 16.8 Å². The Labute approximate surface area is 213 Å². The lowest BCUT2D eigenvalue weighted by atomic mass is 10.1. The molecule has 0 aromatic heterocycles. The van der Waals surface area contributed by atoms with E-state index in [1.54, 1.807) is 30.3 Å². The molecule has 0 unspecified atom stereocenters. The Balaban J connectivity index is 1.60. The maximum Gasteiger partial charge on any atom is 0.293 e. The lowest BCUT2D eigenvalue weighted by Gasteiger charge is -2.13. The molecule has 2 amide bonds. The van der Waals surface area contributed by atoms with Crippen LogP contribution in [0.4, 0.5) is 14.9 Å². The third-order valence-corrected chi connectivity index (χ3v) is 6.64. The van der Waals surface area contributed by atoms with Crippen LogP contribution >= 0.6 is 35.0 Å². The van der Waals surface area contributed by atoms with Crippen molar-refractivity contribution in [1.82, 2.24) is 4.90 Å². The third-order valence-electron chi connectivity index (χ3n) is 5.00. The summed E-state index contributed by atoms with van der Waals surface area (Å²) in [5.41, 5.74) is 1.33. The van der Waals surface area contributed by atoms with Gasteiger partial charge in [-0.05, 0) is 59.3 Å². The lowest BCUT2D eigenvalue weighted by molar-refractivity contribution is -0.384. The predicted molar refractivity (Wildman–Crippen MR) is 132 cm³/mol. The zero-order valence-electron chi connectivity index (χ0n) is 17.7. The molecule has 1 aliphatic heterocycles. The van der Waals surface area contributed by atoms with E-state index < -0.39 is 16.1 Å². The molecule has 3 aromatic rings. The molecule has 1 heterocycles. The Kier molecular flexibility index (Phi) is 7.39. The molecule has 0 saturated carbocycles. The minimum atomic E-state index is -0.572. The van der Waals surface area contributed by atoms with E-state index in [0.29, 0.717) is 32.9 Å². The molecule has 1 aliphatic rings. The molecular formula is C24H15Cl2FN2O5S. The third kappa shape index (κ3) is 5.82. The van der Waals surface area contributed by atoms with Crippen molar-refractivity contribution < 1.29 is 23.6 Å². The van der Waals surface area contributed by atoms with E-state index in [0.717, 1.165) is 4.90 Å². The van der Waals surface area contributed by atoms with E-state index in [-0.39, 0.29) is 40.9 Å². The number of ether oxygens (including phenoxy) is 1. The molecule has 0 atom stereocenters. The highest BCUT2D eigenvalue weighted by atomic mass is 35.5. The van der Waals surface area contributed by atoms with Crippen molar-refractivity contribution in [3.63, 3.8) is 0 Å². The number of imide groups is 1. The summed E-state index contributed by atoms with van der Waals surface area (Å²) in [5, 5.41) is 11.4. The molecular weight excluding hydrogens is 518 g/mol. The first-order valence-electron chi connectivity index (χ1n) is 10.1. The van der Waals surface area contributed by atoms with Gasteiger partial charge in [0.05, 0.1) is 26.4 Å². The monoisotopic (exact) mass is 532 g/mol. The van der Waals surface area contributed by atoms with Crippen molar-refractivity contribution in [3.8, 4) is 5.75 Å². The van der Waals surface area contributed by atoms with Gasteiger partial charge in [-0.1, -0.05) is 41.4 Å². The lowest BCUT2D eigenvalue weighted by Crippen LogP contribution is -2.27. The largest absolute Gasteiger partial charge is 0.488 e. The second-order valence-electron chi connectivity index (χ2n) is 7.41. The van der Waals surface area contributed by atoms with E-state index in [1.165, 1.54) is 36.4 Å². The van der Waals surface area contributed by atoms with Gasteiger partial charge in [0, 0.05) is 17.7 Å². The number of hydrogen-bond acceptors (Lipinski definition) is 6. The van der Waals surface area contributed by atoms with Crippen LogP contribution in [0.3, 0.4) is 0 Å². The number of amides is 2. The molecule has 11 heteroatoms. The summed E-state index contributed by atoms with van der Waals surface area (Å²) in [7, 11) is 0. The van der Waals surface area contributed by atoms with E-state index >= 15 is 0 Å². The van der Waals surface area contributed by atoms with Crippen molar-refractivity contribution in [2.75, 3.05) is 0 Å². The fourth-order valence-electron chi connectivity index (χ4n) is 3.23. The minimum absolute atomic E-state index is 0.0121. The van der Waals surface area contributed by atoms with Crippen molar-refractivity contribution >= 4 is 57.9 Å². The topological polar surface area (TPSA) is 89.7 Å². The van der Waals surface area contributed by atoms with Crippen LogP contribution in [0.2, 0.25) is 10.0 Å². The predicted octanol–water partition coefficient (Wildman–Crippen LogP) is 6.86. The van der Waals surface area contributed by atoms with Crippen LogP contribution in [0.1, 0.15) is 16.7 Å². The molecule has 1 saturated heterocycles. The smallest absolute Gasteiger partial charge is 0.293 e. The SMILES string of the molecule is O=C1S/C(=C\c2cc([N+](=O)[O-])ccc2OCc2ccc(F)cc2)C(=O)N1Cc1ccc(Cl)c(Cl)c1. The molecule has 3 aromatic carbocycles. The number of carbonyl (C=O) groups excluding carboxylic acids is 2. The average molecular weight is 533 g/mol. The Hall–Kier alpha value is -3.40. The van der Waals surface area contributed by atoms with Crippen molar-refractivity contribution in [3.05, 3.63) is 108 Å². The maximum absolute atomic E-state index is 13.1. The van der Waals surface area contributed by atoms with Gasteiger partial charge in [-0.25, -0.2) is 4.39 Å². The van der Waals surface area contributed by atoms with Crippen LogP contribution in [0.5, 0.6) is 5.75 Å². The molecule has 0 spiro atoms. The van der Waals surface area contributed by atoms with E-state index in [1.807, 2.05) is 0 Å². The first-order chi connectivity index (χ1) is 16.7. The van der Waals surface area contributed by atoms with Gasteiger partial charge < -0.3 is 4.74 Å². The Morgan fingerprint density at radius 2 is 1.71 bits per heavy atom. The number of non-ortho nitro benzene ring substituents is 1. The summed E-state index contributed by atoms with van der Waals surface area (Å²) >= 11 is 12.7. The van der Waals surface area contributed by atoms with E-state index in [2.05, 4.69) is 0 Å². The molecule has 0 aliphatic carbocycles. The van der Waals surface area contributed by atoms with Crippen LogP contribution in [-0.2, 0) is 17.9 Å². The molecule has 35 heavy (non-hydrogen) atoms. The second kappa shape index (κ2) is 10.5. The molecule has 0 bridgehead atoms. The second-order valence-corrected chi connectivity index (χ2v) is 9.22. The van der Waals surface area contributed by atoms with Crippen LogP contribution in [0, 0.1) is 15.9 Å². The summed E-state index contributed by atoms with van der Waals surface area (Å²) < 4.78 is 18.9. The summed E-state index contributed by atoms with van der Waals surface area (Å²) in [4.78, 5) is 37.4. The fraction of sp³-hybridized carbons (Fsp3) is 0.0833. The first-order valence-corrected chi connectivity index (χ1v) is 11.6. The highest BCUT2D eigenvalue weighted by Crippen LogP contribution is 2.36. The number of nitrogens with zero attached hydrogens (tertiary/aromatic N) is 2. The summed E-state index contributed by atoms with van der Waals surface area (Å²) in [6, 6.07) is 14.4. The number of halogens is 3. The Morgan fingerprint density at radius 3 is 2.40 bits per heavy atom. The van der Waals surface area contributed by atoms with E-state index in [4.69, 9.17) is 27.9 Å². The number of thioether (sulfide) groups is 1. The van der Waals surface area contributed by atoms with Crippen LogP contribution < -0.4 is 4.74 Å². The Morgan fingerprint density at radius 1 is 1.00 bits per heavy atom. The number of carbonyl (C=O) groups is 2. The molecule has 4 rings (SSSR count). The van der Waals surface area contributed by atoms with Gasteiger partial charge in [-0.2, -0.15) is 0 Å². The van der Waals surface area contributed by atoms with Crippen molar-refractivity contribution in [2.24, 2.45) is 0 Å². The minimum Gasteiger partial charge on any atom is -0.488 e. The standard InChI is InChI=1S/C24H15Cl2FN2O5S/c25-19-7-3-15(9-20(19)26)12-28-23(30)22(35-24(28)31)11-16-10-18(29(32)33)6-8-21(16)34-13-14-1-4-17(27)5-2-14/h1-11H,12-13H2/b22-11-. The van der Waals surface area contributed by atoms with Gasteiger partial charge in [0.1, 0.15) is 18.2 Å². The number of rotatable bonds is 7. The number of nitro groups is 1. The van der Waals surface area contributed by atoms with Crippen molar-refractivity contribution in [2.45, 2.75) is 13.2 Å². The van der Waals surface area contributed by atoms with Crippen LogP contribution in [0.25, 0.3) is 6.08 Å². The highest BCUT2D eigenvalue weighted by Gasteiger charge is 2.35. The first kappa shape index (κ1) is 24.7. The quantitative estimate of drug-likeness (QED) is 0.187. The van der Waals surface area contributed by atoms with Crippen LogP contribution in [0.15, 0.2) is 65.6 Å². The summed E-state index contributed by atoms with van der Waals surface area (Å²) in [6.07, 6.45) is 1.38. The molecule has 178 valence electrons. The number of benzene rings is 3. The van der Waals surface area contributed by atoms with Gasteiger partial charge in [-0.3, -0.25) is 24.6 Å². The highest BCUT2D eigenvalue weighted by molar-refractivity contribution is 8.18. The van der Waals surface area contributed by atoms with Gasteiger partial charge >= 0.3 is 0 Å². The van der Waals surface area contributed by atoms with Gasteiger partial charge in [-0.15, -0.1) is 0 Å². The molecule has 7 nitrogen and oxygen atoms in total. The normalized spacial score (nSPS) is 14.6.